The highest BCUT2D eigenvalue weighted by molar-refractivity contribution is 5.95. The molecule has 0 saturated carbocycles. The predicted octanol–water partition coefficient (Wildman–Crippen LogP) is 2.26. The van der Waals surface area contributed by atoms with E-state index in [0.717, 1.165) is 16.8 Å². The topological polar surface area (TPSA) is 67.2 Å². The van der Waals surface area contributed by atoms with E-state index in [0.29, 0.717) is 12.0 Å². The van der Waals surface area contributed by atoms with Gasteiger partial charge in [0.15, 0.2) is 0 Å². The van der Waals surface area contributed by atoms with Crippen molar-refractivity contribution in [3.05, 3.63) is 83.7 Å². The molecule has 120 valence electrons. The lowest BCUT2D eigenvalue weighted by Gasteiger charge is -2.18. The van der Waals surface area contributed by atoms with Crippen molar-refractivity contribution in [1.82, 2.24) is 15.1 Å². The Hall–Kier alpha value is -2.92. The van der Waals surface area contributed by atoms with E-state index in [9.17, 15) is 9.90 Å². The molecule has 5 heteroatoms. The molecular weight excluding hydrogens is 302 g/mol. The van der Waals surface area contributed by atoms with Gasteiger partial charge in [-0.05, 0) is 35.4 Å². The van der Waals surface area contributed by atoms with E-state index in [-0.39, 0.29) is 11.9 Å². The zero-order valence-corrected chi connectivity index (χ0v) is 13.0. The lowest BCUT2D eigenvalue weighted by molar-refractivity contribution is 0.0858. The van der Waals surface area contributed by atoms with Gasteiger partial charge in [-0.1, -0.05) is 30.3 Å². The lowest BCUT2D eigenvalue weighted by Crippen LogP contribution is -2.33. The summed E-state index contributed by atoms with van der Waals surface area (Å²) in [5.41, 5.74) is 3.43. The highest BCUT2D eigenvalue weighted by Crippen LogP contribution is 2.31. The number of nitrogens with zero attached hydrogens (tertiary/aromatic N) is 2. The summed E-state index contributed by atoms with van der Waals surface area (Å²) in [6, 6.07) is 16.5. The van der Waals surface area contributed by atoms with Crippen LogP contribution in [0.1, 0.15) is 27.5 Å². The summed E-state index contributed by atoms with van der Waals surface area (Å²) in [6.45, 7) is 0. The Morgan fingerprint density at radius 1 is 1.17 bits per heavy atom. The summed E-state index contributed by atoms with van der Waals surface area (Å²) in [5.74, 6) is -0.204. The fraction of sp³-hybridized carbons (Fsp3) is 0.158. The van der Waals surface area contributed by atoms with Gasteiger partial charge < -0.3 is 10.4 Å². The number of aliphatic hydroxyl groups is 1. The third-order valence-corrected chi connectivity index (χ3v) is 4.37. The Labute approximate surface area is 139 Å². The van der Waals surface area contributed by atoms with Gasteiger partial charge in [-0.15, -0.1) is 0 Å². The molecule has 0 fully saturated rings. The van der Waals surface area contributed by atoms with Gasteiger partial charge in [-0.25, -0.2) is 4.68 Å². The SMILES string of the molecule is O=C(NC1c2ccccc2CC1O)c1cccc(-n2cccn2)c1. The quantitative estimate of drug-likeness (QED) is 0.778. The van der Waals surface area contributed by atoms with Crippen LogP contribution in [0, 0.1) is 0 Å². The maximum absolute atomic E-state index is 12.6. The number of carbonyl (C=O) groups excluding carboxylic acids is 1. The molecule has 0 aliphatic heterocycles. The molecule has 2 aromatic carbocycles. The molecule has 1 amide bonds. The lowest BCUT2D eigenvalue weighted by atomic mass is 10.1. The second-order valence-electron chi connectivity index (χ2n) is 5.92. The van der Waals surface area contributed by atoms with Crippen LogP contribution in [0.4, 0.5) is 0 Å². The first-order valence-electron chi connectivity index (χ1n) is 7.89. The molecule has 1 aromatic heterocycles. The molecule has 2 N–H and O–H groups in total. The van der Waals surface area contributed by atoms with Crippen LogP contribution in [0.5, 0.6) is 0 Å². The molecule has 24 heavy (non-hydrogen) atoms. The number of aliphatic hydroxyl groups excluding tert-OH is 1. The minimum atomic E-state index is -0.597. The van der Waals surface area contributed by atoms with Gasteiger partial charge in [-0.2, -0.15) is 5.10 Å². The highest BCUT2D eigenvalue weighted by Gasteiger charge is 2.32. The molecule has 0 radical (unpaired) electrons. The van der Waals surface area contributed by atoms with Crippen LogP contribution in [0.15, 0.2) is 67.0 Å². The first kappa shape index (κ1) is 14.7. The molecule has 0 bridgehead atoms. The molecular formula is C19H17N3O2. The normalized spacial score (nSPS) is 19.0. The van der Waals surface area contributed by atoms with Gasteiger partial charge in [0.2, 0.25) is 0 Å². The van der Waals surface area contributed by atoms with Crippen molar-refractivity contribution >= 4 is 5.91 Å². The summed E-state index contributed by atoms with van der Waals surface area (Å²) in [4.78, 5) is 12.6. The van der Waals surface area contributed by atoms with Crippen LogP contribution in [-0.4, -0.2) is 26.9 Å². The van der Waals surface area contributed by atoms with E-state index in [1.807, 2.05) is 48.7 Å². The second kappa shape index (κ2) is 5.94. The van der Waals surface area contributed by atoms with Gasteiger partial charge in [0.05, 0.1) is 17.8 Å². The number of nitrogens with one attached hydrogen (secondary N) is 1. The van der Waals surface area contributed by atoms with E-state index in [4.69, 9.17) is 0 Å². The van der Waals surface area contributed by atoms with E-state index in [1.54, 1.807) is 23.0 Å². The molecule has 2 unspecified atom stereocenters. The number of hydrogen-bond acceptors (Lipinski definition) is 3. The Kier molecular flexibility index (Phi) is 3.63. The molecule has 0 spiro atoms. The predicted molar refractivity (Wildman–Crippen MR) is 89.9 cm³/mol. The zero-order chi connectivity index (χ0) is 16.5. The van der Waals surface area contributed by atoms with Crippen molar-refractivity contribution in [3.8, 4) is 5.69 Å². The van der Waals surface area contributed by atoms with Gasteiger partial charge in [0.25, 0.3) is 5.91 Å². The van der Waals surface area contributed by atoms with Crippen molar-refractivity contribution in [1.29, 1.82) is 0 Å². The number of rotatable bonds is 3. The van der Waals surface area contributed by atoms with Crippen LogP contribution in [0.25, 0.3) is 5.69 Å². The van der Waals surface area contributed by atoms with Crippen molar-refractivity contribution in [2.24, 2.45) is 0 Å². The number of aromatic nitrogens is 2. The number of benzene rings is 2. The Balaban J connectivity index is 1.58. The van der Waals surface area contributed by atoms with E-state index in [1.165, 1.54) is 0 Å². The fourth-order valence-corrected chi connectivity index (χ4v) is 3.18. The summed E-state index contributed by atoms with van der Waals surface area (Å²) in [7, 11) is 0. The molecule has 5 nitrogen and oxygen atoms in total. The minimum Gasteiger partial charge on any atom is -0.390 e. The molecule has 2 atom stereocenters. The van der Waals surface area contributed by atoms with Crippen molar-refractivity contribution in [2.45, 2.75) is 18.6 Å². The molecule has 0 saturated heterocycles. The third kappa shape index (κ3) is 2.59. The molecule has 3 aromatic rings. The minimum absolute atomic E-state index is 0.204. The van der Waals surface area contributed by atoms with Crippen LogP contribution in [-0.2, 0) is 6.42 Å². The van der Waals surface area contributed by atoms with Crippen LogP contribution >= 0.6 is 0 Å². The summed E-state index contributed by atoms with van der Waals surface area (Å²) in [6.07, 6.45) is 3.49. The van der Waals surface area contributed by atoms with Gasteiger partial charge in [-0.3, -0.25) is 4.79 Å². The summed E-state index contributed by atoms with van der Waals surface area (Å²) in [5, 5.41) is 17.4. The third-order valence-electron chi connectivity index (χ3n) is 4.37. The van der Waals surface area contributed by atoms with E-state index >= 15 is 0 Å². The van der Waals surface area contributed by atoms with Crippen LogP contribution < -0.4 is 5.32 Å². The summed E-state index contributed by atoms with van der Waals surface area (Å²) >= 11 is 0. The van der Waals surface area contributed by atoms with Crippen LogP contribution in [0.2, 0.25) is 0 Å². The molecule has 1 aliphatic rings. The van der Waals surface area contributed by atoms with Crippen LogP contribution in [0.3, 0.4) is 0 Å². The average molecular weight is 319 g/mol. The van der Waals surface area contributed by atoms with Gasteiger partial charge >= 0.3 is 0 Å². The average Bonchev–Trinajstić information content (AvgIpc) is 3.24. The molecule has 1 aliphatic carbocycles. The van der Waals surface area contributed by atoms with Gasteiger partial charge in [0, 0.05) is 24.4 Å². The number of fused-ring (bicyclic) bond motifs is 1. The maximum atomic E-state index is 12.6. The van der Waals surface area contributed by atoms with Crippen molar-refractivity contribution in [3.63, 3.8) is 0 Å². The van der Waals surface area contributed by atoms with Crippen molar-refractivity contribution < 1.29 is 9.90 Å². The van der Waals surface area contributed by atoms with E-state index in [2.05, 4.69) is 10.4 Å². The first-order chi connectivity index (χ1) is 11.7. The Morgan fingerprint density at radius 3 is 2.88 bits per heavy atom. The fourth-order valence-electron chi connectivity index (χ4n) is 3.18. The molecule has 4 rings (SSSR count). The second-order valence-corrected chi connectivity index (χ2v) is 5.92. The van der Waals surface area contributed by atoms with Gasteiger partial charge in [0.1, 0.15) is 0 Å². The zero-order valence-electron chi connectivity index (χ0n) is 13.0. The van der Waals surface area contributed by atoms with E-state index < -0.39 is 6.10 Å². The first-order valence-corrected chi connectivity index (χ1v) is 7.89. The summed E-state index contributed by atoms with van der Waals surface area (Å²) < 4.78 is 1.70. The largest absolute Gasteiger partial charge is 0.390 e. The number of carbonyl (C=O) groups is 1. The Morgan fingerprint density at radius 2 is 2.04 bits per heavy atom. The Bertz CT molecular complexity index is 874. The number of hydrogen-bond donors (Lipinski definition) is 2. The van der Waals surface area contributed by atoms with Crippen molar-refractivity contribution in [2.75, 3.05) is 0 Å². The maximum Gasteiger partial charge on any atom is 0.251 e. The standard InChI is InChI=1S/C19H17N3O2/c23-17-12-13-5-1-2-8-16(13)18(17)21-19(24)14-6-3-7-15(11-14)22-10-4-9-20-22/h1-11,17-18,23H,12H2,(H,21,24). The highest BCUT2D eigenvalue weighted by atomic mass is 16.3. The number of amides is 1. The monoisotopic (exact) mass is 319 g/mol. The smallest absolute Gasteiger partial charge is 0.251 e. The molecule has 1 heterocycles.